The molecule has 0 saturated carbocycles. The lowest BCUT2D eigenvalue weighted by molar-refractivity contribution is 0.763. The Hall–Kier alpha value is -0.990. The Bertz CT molecular complexity index is 612. The van der Waals surface area contributed by atoms with Gasteiger partial charge in [0.05, 0.1) is 0 Å². The van der Waals surface area contributed by atoms with E-state index in [4.69, 9.17) is 11.6 Å². The van der Waals surface area contributed by atoms with Gasteiger partial charge in [0.2, 0.25) is 0 Å². The van der Waals surface area contributed by atoms with Crippen LogP contribution in [0, 0.1) is 0 Å². The fraction of sp³-hybridized carbons (Fsp3) is 0.294. The molecule has 0 amide bonds. The number of alkyl halides is 1. The van der Waals surface area contributed by atoms with Crippen LogP contribution in [0.2, 0.25) is 5.02 Å². The maximum absolute atomic E-state index is 6.19. The molecule has 1 heterocycles. The lowest BCUT2D eigenvalue weighted by atomic mass is 10.0. The van der Waals surface area contributed by atoms with Crippen molar-refractivity contribution in [2.75, 3.05) is 11.4 Å². The number of benzene rings is 2. The van der Waals surface area contributed by atoms with Crippen LogP contribution >= 0.6 is 27.5 Å². The van der Waals surface area contributed by atoms with Gasteiger partial charge in [-0.05, 0) is 41.7 Å². The standard InChI is InChI=1S/C17H17BrClN/c18-11-14-7-8-16(19)10-17(14)20-9-3-6-13-4-1-2-5-15(13)12-20/h1-2,4-5,7-8,10H,3,6,9,11-12H2. The molecule has 0 aliphatic carbocycles. The van der Waals surface area contributed by atoms with Gasteiger partial charge in [-0.15, -0.1) is 0 Å². The molecule has 0 saturated heterocycles. The Kier molecular flexibility index (Phi) is 4.32. The minimum absolute atomic E-state index is 0.808. The van der Waals surface area contributed by atoms with E-state index in [0.29, 0.717) is 0 Å². The van der Waals surface area contributed by atoms with Crippen molar-refractivity contribution in [2.45, 2.75) is 24.7 Å². The van der Waals surface area contributed by atoms with Crippen molar-refractivity contribution in [1.29, 1.82) is 0 Å². The summed E-state index contributed by atoms with van der Waals surface area (Å²) < 4.78 is 0. The van der Waals surface area contributed by atoms with E-state index in [1.165, 1.54) is 28.8 Å². The first-order chi connectivity index (χ1) is 9.78. The third-order valence-corrected chi connectivity index (χ3v) is 4.72. The number of fused-ring (bicyclic) bond motifs is 1. The highest BCUT2D eigenvalue weighted by Gasteiger charge is 2.16. The Morgan fingerprint density at radius 3 is 2.70 bits per heavy atom. The third-order valence-electron chi connectivity index (χ3n) is 3.89. The van der Waals surface area contributed by atoms with E-state index in [9.17, 15) is 0 Å². The van der Waals surface area contributed by atoms with Gasteiger partial charge in [-0.2, -0.15) is 0 Å². The van der Waals surface area contributed by atoms with Gasteiger partial charge in [-0.25, -0.2) is 0 Å². The van der Waals surface area contributed by atoms with Crippen LogP contribution in [0.4, 0.5) is 5.69 Å². The predicted octanol–water partition coefficient (Wildman–Crippen LogP) is 5.19. The predicted molar refractivity (Wildman–Crippen MR) is 89.9 cm³/mol. The van der Waals surface area contributed by atoms with Gasteiger partial charge in [-0.3, -0.25) is 0 Å². The Balaban J connectivity index is 1.97. The van der Waals surface area contributed by atoms with E-state index in [-0.39, 0.29) is 0 Å². The summed E-state index contributed by atoms with van der Waals surface area (Å²) in [7, 11) is 0. The summed E-state index contributed by atoms with van der Waals surface area (Å²) >= 11 is 9.77. The molecule has 3 rings (SSSR count). The molecule has 104 valence electrons. The van der Waals surface area contributed by atoms with Crippen molar-refractivity contribution in [3.63, 3.8) is 0 Å². The highest BCUT2D eigenvalue weighted by Crippen LogP contribution is 2.30. The van der Waals surface area contributed by atoms with Gasteiger partial charge in [0.25, 0.3) is 0 Å². The summed E-state index contributed by atoms with van der Waals surface area (Å²) in [6.45, 7) is 2.05. The Labute approximate surface area is 133 Å². The van der Waals surface area contributed by atoms with E-state index in [1.54, 1.807) is 0 Å². The third kappa shape index (κ3) is 2.87. The second kappa shape index (κ2) is 6.19. The topological polar surface area (TPSA) is 3.24 Å². The summed E-state index contributed by atoms with van der Waals surface area (Å²) in [5.41, 5.74) is 5.47. The first-order valence-corrected chi connectivity index (χ1v) is 8.44. The summed E-state index contributed by atoms with van der Waals surface area (Å²) in [4.78, 5) is 2.45. The van der Waals surface area contributed by atoms with Crippen molar-refractivity contribution < 1.29 is 0 Å². The van der Waals surface area contributed by atoms with Crippen molar-refractivity contribution >= 4 is 33.2 Å². The molecule has 1 nitrogen and oxygen atoms in total. The number of nitrogens with zero attached hydrogens (tertiary/aromatic N) is 1. The van der Waals surface area contributed by atoms with Crippen LogP contribution in [0.25, 0.3) is 0 Å². The van der Waals surface area contributed by atoms with Crippen LogP contribution in [-0.2, 0) is 18.3 Å². The van der Waals surface area contributed by atoms with Crippen molar-refractivity contribution in [3.8, 4) is 0 Å². The molecule has 2 aromatic rings. The van der Waals surface area contributed by atoms with E-state index < -0.39 is 0 Å². The first-order valence-electron chi connectivity index (χ1n) is 6.94. The Morgan fingerprint density at radius 1 is 1.10 bits per heavy atom. The minimum Gasteiger partial charge on any atom is -0.367 e. The number of rotatable bonds is 2. The molecular formula is C17H17BrClN. The smallest absolute Gasteiger partial charge is 0.0432 e. The maximum Gasteiger partial charge on any atom is 0.0432 e. The quantitative estimate of drug-likeness (QED) is 0.674. The molecule has 0 radical (unpaired) electrons. The molecule has 0 fully saturated rings. The molecule has 0 unspecified atom stereocenters. The van der Waals surface area contributed by atoms with Gasteiger partial charge < -0.3 is 4.90 Å². The summed E-state index contributed by atoms with van der Waals surface area (Å²) in [6.07, 6.45) is 2.35. The minimum atomic E-state index is 0.808. The zero-order valence-corrected chi connectivity index (χ0v) is 13.6. The van der Waals surface area contributed by atoms with E-state index >= 15 is 0 Å². The molecule has 1 aliphatic heterocycles. The largest absolute Gasteiger partial charge is 0.367 e. The molecule has 2 aromatic carbocycles. The summed E-state index contributed by atoms with van der Waals surface area (Å²) in [5, 5.41) is 1.67. The van der Waals surface area contributed by atoms with Crippen molar-refractivity contribution in [2.24, 2.45) is 0 Å². The van der Waals surface area contributed by atoms with Gasteiger partial charge in [0.1, 0.15) is 0 Å². The molecule has 1 aliphatic rings. The lowest BCUT2D eigenvalue weighted by Gasteiger charge is -2.25. The molecule has 3 heteroatoms. The van der Waals surface area contributed by atoms with E-state index in [2.05, 4.69) is 57.2 Å². The van der Waals surface area contributed by atoms with Crippen molar-refractivity contribution in [1.82, 2.24) is 0 Å². The molecule has 0 spiro atoms. The summed E-state index contributed by atoms with van der Waals surface area (Å²) in [6, 6.07) is 14.9. The van der Waals surface area contributed by atoms with Crippen LogP contribution in [0.5, 0.6) is 0 Å². The second-order valence-electron chi connectivity index (χ2n) is 5.20. The van der Waals surface area contributed by atoms with E-state index in [0.717, 1.165) is 29.9 Å². The molecule has 0 N–H and O–H groups in total. The van der Waals surface area contributed by atoms with Gasteiger partial charge in [-0.1, -0.05) is 57.9 Å². The van der Waals surface area contributed by atoms with Crippen LogP contribution < -0.4 is 4.90 Å². The zero-order chi connectivity index (χ0) is 13.9. The highest BCUT2D eigenvalue weighted by molar-refractivity contribution is 9.08. The molecule has 0 aromatic heterocycles. The molecule has 20 heavy (non-hydrogen) atoms. The average molecular weight is 351 g/mol. The molecular weight excluding hydrogens is 334 g/mol. The number of aryl methyl sites for hydroxylation is 1. The van der Waals surface area contributed by atoms with Crippen molar-refractivity contribution in [3.05, 3.63) is 64.2 Å². The second-order valence-corrected chi connectivity index (χ2v) is 6.20. The monoisotopic (exact) mass is 349 g/mol. The lowest BCUT2D eigenvalue weighted by Crippen LogP contribution is -2.23. The molecule has 0 atom stereocenters. The van der Waals surface area contributed by atoms with Crippen LogP contribution in [0.15, 0.2) is 42.5 Å². The maximum atomic E-state index is 6.19. The Morgan fingerprint density at radius 2 is 1.90 bits per heavy atom. The number of anilines is 1. The van der Waals surface area contributed by atoms with Crippen LogP contribution in [0.1, 0.15) is 23.1 Å². The fourth-order valence-electron chi connectivity index (χ4n) is 2.85. The SMILES string of the molecule is Clc1ccc(CBr)c(N2CCCc3ccccc3C2)c1. The van der Waals surface area contributed by atoms with Gasteiger partial charge >= 0.3 is 0 Å². The first kappa shape index (κ1) is 14.0. The highest BCUT2D eigenvalue weighted by atomic mass is 79.9. The normalized spacial score (nSPS) is 14.8. The van der Waals surface area contributed by atoms with Crippen LogP contribution in [0.3, 0.4) is 0 Å². The van der Waals surface area contributed by atoms with Gasteiger partial charge in [0, 0.05) is 29.1 Å². The number of halogens is 2. The molecule has 0 bridgehead atoms. The average Bonchev–Trinajstić information content (AvgIpc) is 2.69. The number of hydrogen-bond acceptors (Lipinski definition) is 1. The number of hydrogen-bond donors (Lipinski definition) is 0. The zero-order valence-electron chi connectivity index (χ0n) is 11.3. The van der Waals surface area contributed by atoms with E-state index in [1.807, 2.05) is 6.07 Å². The fourth-order valence-corrected chi connectivity index (χ4v) is 3.49. The summed E-state index contributed by atoms with van der Waals surface area (Å²) in [5.74, 6) is 0. The van der Waals surface area contributed by atoms with Gasteiger partial charge in [0.15, 0.2) is 0 Å². The van der Waals surface area contributed by atoms with Crippen LogP contribution in [-0.4, -0.2) is 6.54 Å².